The minimum atomic E-state index is -0.808. The van der Waals surface area contributed by atoms with Gasteiger partial charge in [0.2, 0.25) is 5.91 Å². The van der Waals surface area contributed by atoms with Crippen LogP contribution in [0.5, 0.6) is 0 Å². The van der Waals surface area contributed by atoms with Gasteiger partial charge in [-0.1, -0.05) is 20.3 Å². The van der Waals surface area contributed by atoms with Gasteiger partial charge in [-0.05, 0) is 59.3 Å². The maximum atomic E-state index is 12.1. The monoisotopic (exact) mass is 387 g/mol. The highest BCUT2D eigenvalue weighted by molar-refractivity contribution is 5.76. The lowest BCUT2D eigenvalue weighted by Crippen LogP contribution is -2.35. The van der Waals surface area contributed by atoms with Crippen LogP contribution in [0.1, 0.15) is 86.5 Å². The fourth-order valence-electron chi connectivity index (χ4n) is 2.50. The van der Waals surface area contributed by atoms with Crippen molar-refractivity contribution < 1.29 is 24.2 Å². The molecule has 0 bridgehead atoms. The highest BCUT2D eigenvalue weighted by atomic mass is 16.5. The molecule has 27 heavy (non-hydrogen) atoms. The van der Waals surface area contributed by atoms with E-state index in [0.717, 1.165) is 19.4 Å². The zero-order valence-corrected chi connectivity index (χ0v) is 18.2. The molecule has 6 nitrogen and oxygen atoms in total. The number of carbonyl (C=O) groups excluding carboxylic acids is 1. The third kappa shape index (κ3) is 15.6. The standard InChI is InChI=1S/C21H41NO5/c1-7-16(2)11-15-27-21(5,6)13-10-19(23)22-17(3)12-14-26-18(4)8-9-20(24)25/h16-18H,7-15H2,1-6H3,(H,22,23)(H,24,25). The van der Waals surface area contributed by atoms with Crippen LogP contribution in [0, 0.1) is 5.92 Å². The third-order valence-electron chi connectivity index (χ3n) is 4.88. The van der Waals surface area contributed by atoms with E-state index >= 15 is 0 Å². The minimum absolute atomic E-state index is 0.0265. The quantitative estimate of drug-likeness (QED) is 0.415. The van der Waals surface area contributed by atoms with E-state index in [0.29, 0.717) is 38.2 Å². The molecule has 160 valence electrons. The number of carboxylic acids is 1. The zero-order chi connectivity index (χ0) is 20.9. The van der Waals surface area contributed by atoms with Crippen LogP contribution in [0.25, 0.3) is 0 Å². The molecule has 0 radical (unpaired) electrons. The summed E-state index contributed by atoms with van der Waals surface area (Å²) in [6.07, 6.45) is 4.58. The lowest BCUT2D eigenvalue weighted by Gasteiger charge is -2.26. The summed E-state index contributed by atoms with van der Waals surface area (Å²) >= 11 is 0. The van der Waals surface area contributed by atoms with Crippen LogP contribution in [0.4, 0.5) is 0 Å². The average molecular weight is 388 g/mol. The third-order valence-corrected chi connectivity index (χ3v) is 4.88. The number of hydrogen-bond donors (Lipinski definition) is 2. The first-order valence-corrected chi connectivity index (χ1v) is 10.3. The summed E-state index contributed by atoms with van der Waals surface area (Å²) in [5, 5.41) is 11.6. The molecule has 3 atom stereocenters. The van der Waals surface area contributed by atoms with Gasteiger partial charge in [-0.15, -0.1) is 0 Å². The number of nitrogens with one attached hydrogen (secondary N) is 1. The number of amides is 1. The smallest absolute Gasteiger partial charge is 0.303 e. The first-order valence-electron chi connectivity index (χ1n) is 10.3. The summed E-state index contributed by atoms with van der Waals surface area (Å²) < 4.78 is 11.5. The summed E-state index contributed by atoms with van der Waals surface area (Å²) in [7, 11) is 0. The number of aliphatic carboxylic acids is 1. The van der Waals surface area contributed by atoms with Crippen molar-refractivity contribution in [3.05, 3.63) is 0 Å². The number of hydrogen-bond acceptors (Lipinski definition) is 4. The van der Waals surface area contributed by atoms with Gasteiger partial charge in [0.25, 0.3) is 0 Å². The van der Waals surface area contributed by atoms with Gasteiger partial charge in [-0.3, -0.25) is 9.59 Å². The van der Waals surface area contributed by atoms with Crippen molar-refractivity contribution in [2.75, 3.05) is 13.2 Å². The molecular weight excluding hydrogens is 346 g/mol. The van der Waals surface area contributed by atoms with Gasteiger partial charge >= 0.3 is 5.97 Å². The van der Waals surface area contributed by atoms with Gasteiger partial charge < -0.3 is 19.9 Å². The Balaban J connectivity index is 3.91. The van der Waals surface area contributed by atoms with E-state index in [2.05, 4.69) is 19.2 Å². The van der Waals surface area contributed by atoms with Crippen LogP contribution in [-0.2, 0) is 19.1 Å². The topological polar surface area (TPSA) is 84.9 Å². The van der Waals surface area contributed by atoms with Crippen molar-refractivity contribution in [3.8, 4) is 0 Å². The first-order chi connectivity index (χ1) is 12.6. The molecule has 0 spiro atoms. The van der Waals surface area contributed by atoms with Crippen molar-refractivity contribution in [3.63, 3.8) is 0 Å². The Hall–Kier alpha value is -1.14. The number of carboxylic acid groups (broad SMARTS) is 1. The summed E-state index contributed by atoms with van der Waals surface area (Å²) in [4.78, 5) is 22.7. The minimum Gasteiger partial charge on any atom is -0.481 e. The molecule has 0 aliphatic rings. The van der Waals surface area contributed by atoms with E-state index < -0.39 is 5.97 Å². The summed E-state index contributed by atoms with van der Waals surface area (Å²) in [5.41, 5.74) is -0.295. The number of ether oxygens (including phenoxy) is 2. The summed E-state index contributed by atoms with van der Waals surface area (Å²) in [6.45, 7) is 13.5. The Morgan fingerprint density at radius 1 is 1.04 bits per heavy atom. The molecule has 0 aliphatic carbocycles. The second kappa shape index (κ2) is 13.9. The van der Waals surface area contributed by atoms with Crippen LogP contribution in [0.15, 0.2) is 0 Å². The summed E-state index contributed by atoms with van der Waals surface area (Å²) in [5.74, 6) is -0.114. The molecule has 6 heteroatoms. The molecule has 0 aromatic carbocycles. The second-order valence-corrected chi connectivity index (χ2v) is 8.28. The van der Waals surface area contributed by atoms with Crippen LogP contribution >= 0.6 is 0 Å². The van der Waals surface area contributed by atoms with Crippen LogP contribution < -0.4 is 5.32 Å². The predicted molar refractivity (Wildman–Crippen MR) is 108 cm³/mol. The maximum absolute atomic E-state index is 12.1. The highest BCUT2D eigenvalue weighted by Crippen LogP contribution is 2.18. The molecule has 0 aromatic heterocycles. The molecule has 0 rings (SSSR count). The van der Waals surface area contributed by atoms with E-state index in [9.17, 15) is 9.59 Å². The largest absolute Gasteiger partial charge is 0.481 e. The molecule has 0 saturated carbocycles. The Kier molecular flexibility index (Phi) is 13.4. The van der Waals surface area contributed by atoms with Gasteiger partial charge in [0.05, 0.1) is 11.7 Å². The Morgan fingerprint density at radius 2 is 1.70 bits per heavy atom. The van der Waals surface area contributed by atoms with Crippen LogP contribution in [-0.4, -0.2) is 47.9 Å². The van der Waals surface area contributed by atoms with E-state index in [1.807, 2.05) is 27.7 Å². The first kappa shape index (κ1) is 25.9. The molecule has 0 aromatic rings. The molecule has 0 heterocycles. The van der Waals surface area contributed by atoms with Gasteiger partial charge in [0.15, 0.2) is 0 Å². The zero-order valence-electron chi connectivity index (χ0n) is 18.2. The van der Waals surface area contributed by atoms with Crippen molar-refractivity contribution in [1.82, 2.24) is 5.32 Å². The Labute approximate surface area is 165 Å². The normalized spacial score (nSPS) is 15.2. The lowest BCUT2D eigenvalue weighted by atomic mass is 10.0. The molecule has 0 aliphatic heterocycles. The molecule has 2 N–H and O–H groups in total. The van der Waals surface area contributed by atoms with Crippen molar-refractivity contribution in [2.24, 2.45) is 5.92 Å². The predicted octanol–water partition coefficient (Wildman–Crippen LogP) is 4.16. The molecule has 0 saturated heterocycles. The van der Waals surface area contributed by atoms with Crippen molar-refractivity contribution in [2.45, 2.75) is 104 Å². The fourth-order valence-corrected chi connectivity index (χ4v) is 2.50. The SMILES string of the molecule is CCC(C)CCOC(C)(C)CCC(=O)NC(C)CCOC(C)CCC(=O)O. The molecule has 0 fully saturated rings. The van der Waals surface area contributed by atoms with E-state index in [-0.39, 0.29) is 30.1 Å². The number of rotatable bonds is 16. The fraction of sp³-hybridized carbons (Fsp3) is 0.905. The second-order valence-electron chi connectivity index (χ2n) is 8.28. The maximum Gasteiger partial charge on any atom is 0.303 e. The van der Waals surface area contributed by atoms with E-state index in [1.165, 1.54) is 0 Å². The Morgan fingerprint density at radius 3 is 2.30 bits per heavy atom. The van der Waals surface area contributed by atoms with Gasteiger partial charge in [-0.25, -0.2) is 0 Å². The Bertz CT molecular complexity index is 425. The van der Waals surface area contributed by atoms with Crippen molar-refractivity contribution >= 4 is 11.9 Å². The lowest BCUT2D eigenvalue weighted by molar-refractivity contribution is -0.137. The van der Waals surface area contributed by atoms with Crippen LogP contribution in [0.3, 0.4) is 0 Å². The number of carbonyl (C=O) groups is 2. The van der Waals surface area contributed by atoms with Crippen LogP contribution in [0.2, 0.25) is 0 Å². The molecule has 3 unspecified atom stereocenters. The van der Waals surface area contributed by atoms with E-state index in [1.54, 1.807) is 0 Å². The molecular formula is C21H41NO5. The van der Waals surface area contributed by atoms with Crippen molar-refractivity contribution in [1.29, 1.82) is 0 Å². The highest BCUT2D eigenvalue weighted by Gasteiger charge is 2.20. The summed E-state index contributed by atoms with van der Waals surface area (Å²) in [6, 6.07) is 0.0265. The van der Waals surface area contributed by atoms with Gasteiger partial charge in [0.1, 0.15) is 0 Å². The average Bonchev–Trinajstić information content (AvgIpc) is 2.58. The van der Waals surface area contributed by atoms with E-state index in [4.69, 9.17) is 14.6 Å². The van der Waals surface area contributed by atoms with Gasteiger partial charge in [0, 0.05) is 32.1 Å². The van der Waals surface area contributed by atoms with Gasteiger partial charge in [-0.2, -0.15) is 0 Å². The molecule has 1 amide bonds.